The monoisotopic (exact) mass is 397 g/mol. The molecule has 146 valence electrons. The standard InChI is InChI=1S/C20H23N5O2S/c1-13-8-10-23(11-9-13)19-21-22-20(25(19)14-6-7-14)28-12-24-17(26)15-4-2-3-5-16(15)18(24)27/h2-5,13-14H,6-12H2,1H3. The molecule has 2 fully saturated rings. The molecule has 2 aliphatic heterocycles. The number of imide groups is 1. The van der Waals surface area contributed by atoms with E-state index in [1.165, 1.54) is 29.5 Å². The molecule has 7 nitrogen and oxygen atoms in total. The van der Waals surface area contributed by atoms with Gasteiger partial charge in [-0.1, -0.05) is 30.8 Å². The second-order valence-corrected chi connectivity index (χ2v) is 8.82. The van der Waals surface area contributed by atoms with Gasteiger partial charge in [-0.2, -0.15) is 0 Å². The molecule has 0 spiro atoms. The summed E-state index contributed by atoms with van der Waals surface area (Å²) in [7, 11) is 0. The van der Waals surface area contributed by atoms with Crippen LogP contribution in [-0.2, 0) is 0 Å². The van der Waals surface area contributed by atoms with Gasteiger partial charge in [-0.05, 0) is 43.7 Å². The average Bonchev–Trinajstić information content (AvgIpc) is 3.42. The first kappa shape index (κ1) is 17.7. The van der Waals surface area contributed by atoms with Crippen LogP contribution in [0.2, 0.25) is 0 Å². The number of carbonyl (C=O) groups excluding carboxylic acids is 2. The summed E-state index contributed by atoms with van der Waals surface area (Å²) < 4.78 is 2.22. The molecule has 5 rings (SSSR count). The molecule has 2 aromatic rings. The third kappa shape index (κ3) is 2.99. The van der Waals surface area contributed by atoms with E-state index < -0.39 is 0 Å². The maximum Gasteiger partial charge on any atom is 0.262 e. The largest absolute Gasteiger partial charge is 0.341 e. The van der Waals surface area contributed by atoms with Crippen LogP contribution in [-0.4, -0.2) is 50.4 Å². The summed E-state index contributed by atoms with van der Waals surface area (Å²) in [5.41, 5.74) is 0.972. The van der Waals surface area contributed by atoms with Crippen molar-refractivity contribution in [3.8, 4) is 0 Å². The number of piperidine rings is 1. The van der Waals surface area contributed by atoms with Gasteiger partial charge < -0.3 is 4.90 Å². The van der Waals surface area contributed by atoms with Crippen LogP contribution in [0.1, 0.15) is 59.4 Å². The molecule has 0 bridgehead atoms. The molecule has 0 N–H and O–H groups in total. The van der Waals surface area contributed by atoms with Crippen LogP contribution >= 0.6 is 11.8 Å². The third-order valence-electron chi connectivity index (χ3n) is 5.83. The Balaban J connectivity index is 1.34. The molecule has 2 amide bonds. The molecule has 1 aliphatic carbocycles. The van der Waals surface area contributed by atoms with Crippen molar-refractivity contribution in [2.75, 3.05) is 23.9 Å². The highest BCUT2D eigenvalue weighted by molar-refractivity contribution is 7.99. The zero-order chi connectivity index (χ0) is 19.3. The summed E-state index contributed by atoms with van der Waals surface area (Å²) in [6, 6.07) is 7.44. The minimum Gasteiger partial charge on any atom is -0.341 e. The highest BCUT2D eigenvalue weighted by atomic mass is 32.2. The Morgan fingerprint density at radius 1 is 1.00 bits per heavy atom. The zero-order valence-electron chi connectivity index (χ0n) is 15.9. The van der Waals surface area contributed by atoms with Crippen molar-refractivity contribution in [3.05, 3.63) is 35.4 Å². The fourth-order valence-electron chi connectivity index (χ4n) is 3.92. The Labute approximate surface area is 168 Å². The van der Waals surface area contributed by atoms with E-state index in [1.54, 1.807) is 24.3 Å². The van der Waals surface area contributed by atoms with Gasteiger partial charge in [0.25, 0.3) is 11.8 Å². The summed E-state index contributed by atoms with van der Waals surface area (Å²) in [6.07, 6.45) is 4.62. The van der Waals surface area contributed by atoms with E-state index in [0.29, 0.717) is 17.2 Å². The molecular formula is C20H23N5O2S. The van der Waals surface area contributed by atoms with Gasteiger partial charge >= 0.3 is 0 Å². The van der Waals surface area contributed by atoms with Crippen LogP contribution in [0.15, 0.2) is 29.4 Å². The molecule has 0 radical (unpaired) electrons. The molecule has 0 unspecified atom stereocenters. The van der Waals surface area contributed by atoms with Crippen LogP contribution in [0.25, 0.3) is 0 Å². The van der Waals surface area contributed by atoms with E-state index in [0.717, 1.165) is 43.0 Å². The van der Waals surface area contributed by atoms with E-state index >= 15 is 0 Å². The highest BCUT2D eigenvalue weighted by Gasteiger charge is 2.37. The topological polar surface area (TPSA) is 71.3 Å². The van der Waals surface area contributed by atoms with Crippen molar-refractivity contribution >= 4 is 29.5 Å². The van der Waals surface area contributed by atoms with Crippen molar-refractivity contribution in [1.29, 1.82) is 0 Å². The lowest BCUT2D eigenvalue weighted by atomic mass is 10.00. The number of hydrogen-bond acceptors (Lipinski definition) is 6. The predicted octanol–water partition coefficient (Wildman–Crippen LogP) is 3.20. The molecule has 28 heavy (non-hydrogen) atoms. The SMILES string of the molecule is CC1CCN(c2nnc(SCN3C(=O)c4ccccc4C3=O)n2C2CC2)CC1. The zero-order valence-corrected chi connectivity index (χ0v) is 16.7. The summed E-state index contributed by atoms with van der Waals surface area (Å²) in [6.45, 7) is 4.32. The number of hydrogen-bond donors (Lipinski definition) is 0. The van der Waals surface area contributed by atoms with Crippen molar-refractivity contribution in [3.63, 3.8) is 0 Å². The van der Waals surface area contributed by atoms with E-state index in [2.05, 4.69) is 26.6 Å². The quantitative estimate of drug-likeness (QED) is 0.570. The summed E-state index contributed by atoms with van der Waals surface area (Å²) >= 11 is 1.42. The number of thioether (sulfide) groups is 1. The first-order chi connectivity index (χ1) is 13.6. The molecule has 1 aromatic heterocycles. The van der Waals surface area contributed by atoms with Gasteiger partial charge in [0.1, 0.15) is 0 Å². The number of aromatic nitrogens is 3. The highest BCUT2D eigenvalue weighted by Crippen LogP contribution is 2.41. The average molecular weight is 398 g/mol. The first-order valence-electron chi connectivity index (χ1n) is 9.91. The van der Waals surface area contributed by atoms with Crippen LogP contribution in [0.5, 0.6) is 0 Å². The van der Waals surface area contributed by atoms with E-state index in [-0.39, 0.29) is 17.7 Å². The van der Waals surface area contributed by atoms with E-state index in [9.17, 15) is 9.59 Å². The Morgan fingerprint density at radius 2 is 1.64 bits per heavy atom. The van der Waals surface area contributed by atoms with Crippen LogP contribution < -0.4 is 4.90 Å². The Kier molecular flexibility index (Phi) is 4.38. The lowest BCUT2D eigenvalue weighted by molar-refractivity contribution is 0.0684. The van der Waals surface area contributed by atoms with E-state index in [1.807, 2.05) is 0 Å². The minimum atomic E-state index is -0.226. The Bertz CT molecular complexity index is 895. The lowest BCUT2D eigenvalue weighted by Gasteiger charge is -2.31. The summed E-state index contributed by atoms with van der Waals surface area (Å²) in [5, 5.41) is 9.69. The number of anilines is 1. The number of carbonyl (C=O) groups is 2. The molecule has 3 heterocycles. The van der Waals surface area contributed by atoms with Crippen LogP contribution in [0.4, 0.5) is 5.95 Å². The van der Waals surface area contributed by atoms with Gasteiger partial charge in [0.05, 0.1) is 17.0 Å². The maximum absolute atomic E-state index is 12.6. The van der Waals surface area contributed by atoms with Gasteiger partial charge in [-0.3, -0.25) is 19.1 Å². The lowest BCUT2D eigenvalue weighted by Crippen LogP contribution is -2.34. The molecule has 3 aliphatic rings. The number of rotatable bonds is 5. The molecule has 1 aromatic carbocycles. The van der Waals surface area contributed by atoms with Gasteiger partial charge in [0.15, 0.2) is 5.16 Å². The fourth-order valence-corrected chi connectivity index (χ4v) is 4.87. The van der Waals surface area contributed by atoms with Crippen LogP contribution in [0.3, 0.4) is 0 Å². The summed E-state index contributed by atoms with van der Waals surface area (Å²) in [5.74, 6) is 1.51. The van der Waals surface area contributed by atoms with Crippen LogP contribution in [0, 0.1) is 5.92 Å². The Morgan fingerprint density at radius 3 is 2.25 bits per heavy atom. The normalized spacial score (nSPS) is 20.2. The van der Waals surface area contributed by atoms with Gasteiger partial charge in [-0.15, -0.1) is 10.2 Å². The minimum absolute atomic E-state index is 0.226. The fraction of sp³-hybridized carbons (Fsp3) is 0.500. The molecular weight excluding hydrogens is 374 g/mol. The number of amides is 2. The maximum atomic E-state index is 12.6. The van der Waals surface area contributed by atoms with Crippen molar-refractivity contribution in [1.82, 2.24) is 19.7 Å². The Hall–Kier alpha value is -2.35. The third-order valence-corrected chi connectivity index (χ3v) is 6.75. The van der Waals surface area contributed by atoms with Gasteiger partial charge in [0.2, 0.25) is 5.95 Å². The number of nitrogens with zero attached hydrogens (tertiary/aromatic N) is 5. The van der Waals surface area contributed by atoms with E-state index in [4.69, 9.17) is 0 Å². The summed E-state index contributed by atoms with van der Waals surface area (Å²) in [4.78, 5) is 28.8. The first-order valence-corrected chi connectivity index (χ1v) is 10.9. The molecule has 8 heteroatoms. The number of fused-ring (bicyclic) bond motifs is 1. The van der Waals surface area contributed by atoms with Crippen molar-refractivity contribution in [2.24, 2.45) is 5.92 Å². The molecule has 1 saturated carbocycles. The second-order valence-electron chi connectivity index (χ2n) is 7.91. The molecule has 0 atom stereocenters. The number of benzene rings is 1. The van der Waals surface area contributed by atoms with Gasteiger partial charge in [0, 0.05) is 19.1 Å². The smallest absolute Gasteiger partial charge is 0.262 e. The predicted molar refractivity (Wildman–Crippen MR) is 107 cm³/mol. The van der Waals surface area contributed by atoms with Gasteiger partial charge in [-0.25, -0.2) is 0 Å². The second kappa shape index (κ2) is 6.92. The van der Waals surface area contributed by atoms with Crippen molar-refractivity contribution < 1.29 is 9.59 Å². The molecule has 1 saturated heterocycles. The van der Waals surface area contributed by atoms with Crippen molar-refractivity contribution in [2.45, 2.75) is 43.8 Å².